The zero-order valence-electron chi connectivity index (χ0n) is 16.7. The molecule has 0 spiro atoms. The lowest BCUT2D eigenvalue weighted by atomic mass is 10.0. The van der Waals surface area contributed by atoms with E-state index in [2.05, 4.69) is 15.3 Å². The number of benzene rings is 1. The predicted molar refractivity (Wildman–Crippen MR) is 107 cm³/mol. The number of hydrogen-bond acceptors (Lipinski definition) is 5. The van der Waals surface area contributed by atoms with Crippen LogP contribution in [0, 0.1) is 5.92 Å². The highest BCUT2D eigenvalue weighted by Crippen LogP contribution is 2.30. The zero-order valence-corrected chi connectivity index (χ0v) is 16.7. The summed E-state index contributed by atoms with van der Waals surface area (Å²) < 4.78 is 38.6. The van der Waals surface area contributed by atoms with Crippen LogP contribution < -0.4 is 15.1 Å². The molecular formula is C21H22F3N5O2. The maximum atomic E-state index is 12.9. The van der Waals surface area contributed by atoms with Crippen molar-refractivity contribution in [2.75, 3.05) is 29.4 Å². The minimum Gasteiger partial charge on any atom is -0.356 e. The molecule has 164 valence electrons. The molecule has 2 amide bonds. The molecular weight excluding hydrogens is 411 g/mol. The Hall–Kier alpha value is -3.17. The Balaban J connectivity index is 1.30. The predicted octanol–water partition coefficient (Wildman–Crippen LogP) is 2.63. The summed E-state index contributed by atoms with van der Waals surface area (Å²) in [5.41, 5.74) is -0.194. The monoisotopic (exact) mass is 433 g/mol. The highest BCUT2D eigenvalue weighted by molar-refractivity contribution is 6.00. The first kappa shape index (κ1) is 21.1. The summed E-state index contributed by atoms with van der Waals surface area (Å²) in [6, 6.07) is 10.1. The Kier molecular flexibility index (Phi) is 5.79. The molecule has 0 aliphatic carbocycles. The third kappa shape index (κ3) is 4.78. The average Bonchev–Trinajstić information content (AvgIpc) is 3.16. The largest absolute Gasteiger partial charge is 0.433 e. The van der Waals surface area contributed by atoms with Crippen LogP contribution in [0.25, 0.3) is 0 Å². The van der Waals surface area contributed by atoms with Crippen molar-refractivity contribution in [2.24, 2.45) is 5.92 Å². The van der Waals surface area contributed by atoms with Crippen molar-refractivity contribution in [3.63, 3.8) is 0 Å². The number of anilines is 2. The molecule has 0 saturated carbocycles. The third-order valence-corrected chi connectivity index (χ3v) is 5.67. The first-order valence-corrected chi connectivity index (χ1v) is 10.1. The van der Waals surface area contributed by atoms with Crippen molar-refractivity contribution in [1.82, 2.24) is 15.3 Å². The van der Waals surface area contributed by atoms with E-state index in [1.54, 1.807) is 9.80 Å². The number of hydrogen-bond donors (Lipinski definition) is 1. The molecule has 4 rings (SSSR count). The third-order valence-electron chi connectivity index (χ3n) is 5.67. The summed E-state index contributed by atoms with van der Waals surface area (Å²) in [6.45, 7) is 1.28. The van der Waals surface area contributed by atoms with Crippen LogP contribution in [0.1, 0.15) is 25.0 Å². The van der Waals surface area contributed by atoms with Crippen molar-refractivity contribution in [2.45, 2.75) is 31.5 Å². The van der Waals surface area contributed by atoms with Crippen LogP contribution in [0.5, 0.6) is 0 Å². The maximum absolute atomic E-state index is 12.9. The molecule has 1 atom stereocenters. The Morgan fingerprint density at radius 1 is 1.10 bits per heavy atom. The number of amides is 2. The van der Waals surface area contributed by atoms with Gasteiger partial charge < -0.3 is 15.1 Å². The number of carbonyl (C=O) groups excluding carboxylic acids is 2. The molecule has 7 nitrogen and oxygen atoms in total. The lowest BCUT2D eigenvalue weighted by Crippen LogP contribution is -2.47. The zero-order chi connectivity index (χ0) is 22.0. The summed E-state index contributed by atoms with van der Waals surface area (Å²) >= 11 is 0. The van der Waals surface area contributed by atoms with E-state index in [1.165, 1.54) is 0 Å². The van der Waals surface area contributed by atoms with E-state index in [9.17, 15) is 22.8 Å². The van der Waals surface area contributed by atoms with Gasteiger partial charge in [-0.2, -0.15) is 13.2 Å². The van der Waals surface area contributed by atoms with Crippen molar-refractivity contribution < 1.29 is 22.8 Å². The molecule has 2 aromatic rings. The smallest absolute Gasteiger partial charge is 0.356 e. The molecule has 3 heterocycles. The summed E-state index contributed by atoms with van der Waals surface area (Å²) in [4.78, 5) is 35.6. The second kappa shape index (κ2) is 8.52. The summed E-state index contributed by atoms with van der Waals surface area (Å²) in [5.74, 6) is -0.425. The normalized spacial score (nSPS) is 20.2. The van der Waals surface area contributed by atoms with E-state index in [0.29, 0.717) is 32.5 Å². The molecule has 0 radical (unpaired) electrons. The van der Waals surface area contributed by atoms with Crippen LogP contribution in [-0.2, 0) is 15.8 Å². The van der Waals surface area contributed by atoms with E-state index in [0.717, 1.165) is 18.1 Å². The molecule has 2 aliphatic heterocycles. The molecule has 1 aromatic carbocycles. The molecule has 31 heavy (non-hydrogen) atoms. The van der Waals surface area contributed by atoms with E-state index in [1.807, 2.05) is 30.3 Å². The van der Waals surface area contributed by atoms with Crippen LogP contribution in [0.2, 0.25) is 0 Å². The van der Waals surface area contributed by atoms with Gasteiger partial charge >= 0.3 is 6.18 Å². The second-order valence-electron chi connectivity index (χ2n) is 7.77. The van der Waals surface area contributed by atoms with Crippen LogP contribution >= 0.6 is 0 Å². The lowest BCUT2D eigenvalue weighted by Gasteiger charge is -2.33. The van der Waals surface area contributed by atoms with Crippen LogP contribution in [0.4, 0.5) is 24.7 Å². The quantitative estimate of drug-likeness (QED) is 0.802. The van der Waals surface area contributed by atoms with Crippen LogP contribution in [-0.4, -0.2) is 47.5 Å². The molecule has 2 saturated heterocycles. The molecule has 0 bridgehead atoms. The first-order chi connectivity index (χ1) is 14.8. The van der Waals surface area contributed by atoms with E-state index >= 15 is 0 Å². The van der Waals surface area contributed by atoms with Gasteiger partial charge in [0.25, 0.3) is 0 Å². The summed E-state index contributed by atoms with van der Waals surface area (Å²) in [7, 11) is 0. The SMILES string of the molecule is O=C(NC1CCN(c2cc(C(F)(F)F)ncn2)CC1)C1CC(=O)N(c2ccccc2)C1. The maximum Gasteiger partial charge on any atom is 0.433 e. The minimum absolute atomic E-state index is 0.0783. The van der Waals surface area contributed by atoms with E-state index < -0.39 is 17.8 Å². The first-order valence-electron chi connectivity index (χ1n) is 10.1. The standard InChI is InChI=1S/C21H22F3N5O2/c22-21(23,24)17-11-18(26-13-25-17)28-8-6-15(7-9-28)27-20(31)14-10-19(30)29(12-14)16-4-2-1-3-5-16/h1-5,11,13-15H,6-10,12H2,(H,27,31). The Labute approximate surface area is 177 Å². The highest BCUT2D eigenvalue weighted by Gasteiger charge is 2.36. The van der Waals surface area contributed by atoms with Crippen LogP contribution in [0.15, 0.2) is 42.7 Å². The van der Waals surface area contributed by atoms with Gasteiger partial charge in [-0.1, -0.05) is 18.2 Å². The number of para-hydroxylation sites is 1. The van der Waals surface area contributed by atoms with Gasteiger partial charge in [0.15, 0.2) is 0 Å². The number of nitrogens with zero attached hydrogens (tertiary/aromatic N) is 4. The number of halogens is 3. The molecule has 1 N–H and O–H groups in total. The molecule has 1 aromatic heterocycles. The van der Waals surface area contributed by atoms with Crippen molar-refractivity contribution in [3.05, 3.63) is 48.4 Å². The Morgan fingerprint density at radius 2 is 1.81 bits per heavy atom. The molecule has 2 fully saturated rings. The van der Waals surface area contributed by atoms with Gasteiger partial charge in [-0.05, 0) is 25.0 Å². The number of piperidine rings is 1. The van der Waals surface area contributed by atoms with Gasteiger partial charge in [-0.3, -0.25) is 9.59 Å². The van der Waals surface area contributed by atoms with Gasteiger partial charge in [0, 0.05) is 43.9 Å². The van der Waals surface area contributed by atoms with Crippen molar-refractivity contribution >= 4 is 23.3 Å². The lowest BCUT2D eigenvalue weighted by molar-refractivity contribution is -0.141. The number of aromatic nitrogens is 2. The summed E-state index contributed by atoms with van der Waals surface area (Å²) in [6.07, 6.45) is -2.26. The van der Waals surface area contributed by atoms with Crippen LogP contribution in [0.3, 0.4) is 0 Å². The molecule has 10 heteroatoms. The highest BCUT2D eigenvalue weighted by atomic mass is 19.4. The summed E-state index contributed by atoms with van der Waals surface area (Å²) in [5, 5.41) is 3.00. The van der Waals surface area contributed by atoms with E-state index in [-0.39, 0.29) is 30.1 Å². The fraction of sp³-hybridized carbons (Fsp3) is 0.429. The fourth-order valence-electron chi connectivity index (χ4n) is 3.99. The second-order valence-corrected chi connectivity index (χ2v) is 7.77. The Bertz CT molecular complexity index is 946. The minimum atomic E-state index is -4.52. The van der Waals surface area contributed by atoms with Gasteiger partial charge in [0.1, 0.15) is 17.8 Å². The van der Waals surface area contributed by atoms with Crippen molar-refractivity contribution in [3.8, 4) is 0 Å². The van der Waals surface area contributed by atoms with E-state index in [4.69, 9.17) is 0 Å². The molecule has 2 aliphatic rings. The number of nitrogens with one attached hydrogen (secondary N) is 1. The van der Waals surface area contributed by atoms with Gasteiger partial charge in [-0.15, -0.1) is 0 Å². The van der Waals surface area contributed by atoms with Gasteiger partial charge in [0.05, 0.1) is 5.92 Å². The van der Waals surface area contributed by atoms with Gasteiger partial charge in [-0.25, -0.2) is 9.97 Å². The van der Waals surface area contributed by atoms with Crippen molar-refractivity contribution in [1.29, 1.82) is 0 Å². The fourth-order valence-corrected chi connectivity index (χ4v) is 3.99. The van der Waals surface area contributed by atoms with Gasteiger partial charge in [0.2, 0.25) is 11.8 Å². The number of alkyl halides is 3. The topological polar surface area (TPSA) is 78.4 Å². The number of carbonyl (C=O) groups is 2. The number of rotatable bonds is 4. The average molecular weight is 433 g/mol. The molecule has 1 unspecified atom stereocenters. The Morgan fingerprint density at radius 3 is 2.48 bits per heavy atom.